The first-order valence-corrected chi connectivity index (χ1v) is 7.74. The average molecular weight is 349 g/mol. The van der Waals surface area contributed by atoms with Crippen LogP contribution in [0.2, 0.25) is 0 Å². The minimum atomic E-state index is -4.11. The van der Waals surface area contributed by atoms with Crippen LogP contribution in [-0.4, -0.2) is 15.0 Å². The molecular weight excluding hydrogens is 338 g/mol. The zero-order valence-corrected chi connectivity index (χ0v) is 12.3. The average Bonchev–Trinajstić information content (AvgIpc) is 2.45. The monoisotopic (exact) mass is 349 g/mol. The zero-order chi connectivity index (χ0) is 17.0. The van der Waals surface area contributed by atoms with Gasteiger partial charge in [-0.3, -0.25) is 0 Å². The number of hydrogen-bond acceptors (Lipinski definition) is 3. The van der Waals surface area contributed by atoms with Crippen LogP contribution in [0.15, 0.2) is 47.4 Å². The number of halogens is 4. The van der Waals surface area contributed by atoms with E-state index in [-0.39, 0.29) is 12.3 Å². The first-order valence-electron chi connectivity index (χ1n) is 6.26. The molecule has 0 saturated carbocycles. The van der Waals surface area contributed by atoms with Gasteiger partial charge in [0.15, 0.2) is 0 Å². The SMILES string of the molecule is O=S(=O)(NCc1ccc(OC(F)F)cc1)c1cc(F)cc(F)c1. The molecule has 1 N–H and O–H groups in total. The fourth-order valence-corrected chi connectivity index (χ4v) is 2.79. The smallest absolute Gasteiger partial charge is 0.387 e. The van der Waals surface area contributed by atoms with Crippen molar-refractivity contribution in [3.8, 4) is 5.75 Å². The maximum atomic E-state index is 13.1. The van der Waals surface area contributed by atoms with Crippen LogP contribution < -0.4 is 9.46 Å². The molecule has 124 valence electrons. The highest BCUT2D eigenvalue weighted by molar-refractivity contribution is 7.89. The largest absolute Gasteiger partial charge is 0.435 e. The Hall–Kier alpha value is -2.13. The van der Waals surface area contributed by atoms with Crippen LogP contribution in [0.1, 0.15) is 5.56 Å². The fourth-order valence-electron chi connectivity index (χ4n) is 1.73. The molecule has 0 saturated heterocycles. The van der Waals surface area contributed by atoms with Gasteiger partial charge in [0.1, 0.15) is 17.4 Å². The number of alkyl halides is 2. The summed E-state index contributed by atoms with van der Waals surface area (Å²) in [6.45, 7) is -3.14. The van der Waals surface area contributed by atoms with Gasteiger partial charge < -0.3 is 4.74 Å². The molecule has 0 atom stereocenters. The maximum absolute atomic E-state index is 13.1. The summed E-state index contributed by atoms with van der Waals surface area (Å²) in [4.78, 5) is -0.548. The Kier molecular flexibility index (Phi) is 5.22. The Labute approximate surface area is 129 Å². The van der Waals surface area contributed by atoms with Crippen molar-refractivity contribution in [2.45, 2.75) is 18.1 Å². The van der Waals surface area contributed by atoms with Gasteiger partial charge in [0, 0.05) is 12.6 Å². The number of ether oxygens (including phenoxy) is 1. The molecule has 0 heterocycles. The van der Waals surface area contributed by atoms with Crippen LogP contribution >= 0.6 is 0 Å². The van der Waals surface area contributed by atoms with Gasteiger partial charge in [-0.1, -0.05) is 12.1 Å². The van der Waals surface area contributed by atoms with Gasteiger partial charge in [0.05, 0.1) is 4.90 Å². The number of hydrogen-bond donors (Lipinski definition) is 1. The van der Waals surface area contributed by atoms with E-state index < -0.39 is 33.2 Å². The van der Waals surface area contributed by atoms with E-state index in [1.807, 2.05) is 0 Å². The number of rotatable bonds is 6. The quantitative estimate of drug-likeness (QED) is 0.816. The van der Waals surface area contributed by atoms with Gasteiger partial charge in [-0.15, -0.1) is 0 Å². The predicted octanol–water partition coefficient (Wildman–Crippen LogP) is 3.04. The summed E-state index contributed by atoms with van der Waals surface area (Å²) < 4.78 is 80.4. The summed E-state index contributed by atoms with van der Waals surface area (Å²) in [7, 11) is -4.11. The topological polar surface area (TPSA) is 55.4 Å². The van der Waals surface area contributed by atoms with Crippen LogP contribution in [-0.2, 0) is 16.6 Å². The van der Waals surface area contributed by atoms with Crippen LogP contribution in [0.25, 0.3) is 0 Å². The highest BCUT2D eigenvalue weighted by Gasteiger charge is 2.16. The molecule has 0 bridgehead atoms. The van der Waals surface area contributed by atoms with Crippen LogP contribution in [0, 0.1) is 11.6 Å². The Morgan fingerprint density at radius 3 is 2.09 bits per heavy atom. The van der Waals surface area contributed by atoms with E-state index in [1.165, 1.54) is 24.3 Å². The molecule has 2 rings (SSSR count). The van der Waals surface area contributed by atoms with E-state index in [4.69, 9.17) is 0 Å². The Bertz CT molecular complexity index is 759. The molecule has 0 radical (unpaired) electrons. The second-order valence-corrected chi connectivity index (χ2v) is 6.22. The fraction of sp³-hybridized carbons (Fsp3) is 0.143. The third kappa shape index (κ3) is 4.93. The number of sulfonamides is 1. The molecule has 9 heteroatoms. The van der Waals surface area contributed by atoms with E-state index in [2.05, 4.69) is 9.46 Å². The summed E-state index contributed by atoms with van der Waals surface area (Å²) in [5.74, 6) is -2.10. The number of benzene rings is 2. The second-order valence-electron chi connectivity index (χ2n) is 4.45. The molecule has 0 fully saturated rings. The first kappa shape index (κ1) is 17.2. The van der Waals surface area contributed by atoms with Gasteiger partial charge in [-0.2, -0.15) is 8.78 Å². The summed E-state index contributed by atoms with van der Waals surface area (Å²) in [5.41, 5.74) is 0.451. The van der Waals surface area contributed by atoms with Crippen molar-refractivity contribution in [3.05, 3.63) is 59.7 Å². The zero-order valence-electron chi connectivity index (χ0n) is 11.5. The van der Waals surface area contributed by atoms with Crippen molar-refractivity contribution in [1.29, 1.82) is 0 Å². The summed E-state index contributed by atoms with van der Waals surface area (Å²) in [6.07, 6.45) is 0. The molecule has 0 amide bonds. The van der Waals surface area contributed by atoms with Crippen molar-refractivity contribution in [3.63, 3.8) is 0 Å². The maximum Gasteiger partial charge on any atom is 0.387 e. The van der Waals surface area contributed by atoms with E-state index in [0.29, 0.717) is 23.8 Å². The molecule has 0 aliphatic heterocycles. The van der Waals surface area contributed by atoms with Crippen molar-refractivity contribution in [2.75, 3.05) is 0 Å². The van der Waals surface area contributed by atoms with Crippen LogP contribution in [0.3, 0.4) is 0 Å². The summed E-state index contributed by atoms with van der Waals surface area (Å²) >= 11 is 0. The van der Waals surface area contributed by atoms with Crippen molar-refractivity contribution < 1.29 is 30.7 Å². The second kappa shape index (κ2) is 6.97. The van der Waals surface area contributed by atoms with Crippen molar-refractivity contribution >= 4 is 10.0 Å². The Morgan fingerprint density at radius 2 is 1.57 bits per heavy atom. The van der Waals surface area contributed by atoms with E-state index >= 15 is 0 Å². The lowest BCUT2D eigenvalue weighted by Crippen LogP contribution is -2.23. The van der Waals surface area contributed by atoms with Crippen LogP contribution in [0.5, 0.6) is 5.75 Å². The molecule has 2 aromatic carbocycles. The van der Waals surface area contributed by atoms with Crippen molar-refractivity contribution in [2.24, 2.45) is 0 Å². The molecule has 2 aromatic rings. The molecule has 0 aliphatic carbocycles. The van der Waals surface area contributed by atoms with Gasteiger partial charge in [0.25, 0.3) is 0 Å². The van der Waals surface area contributed by atoms with Gasteiger partial charge in [0.2, 0.25) is 10.0 Å². The molecule has 23 heavy (non-hydrogen) atoms. The minimum Gasteiger partial charge on any atom is -0.435 e. The molecule has 0 aromatic heterocycles. The minimum absolute atomic E-state index is 0.0705. The number of nitrogens with one attached hydrogen (secondary N) is 1. The van der Waals surface area contributed by atoms with E-state index in [1.54, 1.807) is 0 Å². The first-order chi connectivity index (χ1) is 10.8. The highest BCUT2D eigenvalue weighted by Crippen LogP contribution is 2.16. The summed E-state index contributed by atoms with van der Waals surface area (Å²) in [5, 5.41) is 0. The Morgan fingerprint density at radius 1 is 1.00 bits per heavy atom. The lowest BCUT2D eigenvalue weighted by atomic mass is 10.2. The third-order valence-corrected chi connectivity index (χ3v) is 4.14. The normalized spacial score (nSPS) is 11.7. The summed E-state index contributed by atoms with van der Waals surface area (Å²) in [6, 6.07) is 7.19. The molecule has 0 unspecified atom stereocenters. The third-order valence-electron chi connectivity index (χ3n) is 2.76. The van der Waals surface area contributed by atoms with Crippen molar-refractivity contribution in [1.82, 2.24) is 4.72 Å². The lowest BCUT2D eigenvalue weighted by Gasteiger charge is -2.08. The van der Waals surface area contributed by atoms with Gasteiger partial charge >= 0.3 is 6.61 Å². The Balaban J connectivity index is 2.07. The lowest BCUT2D eigenvalue weighted by molar-refractivity contribution is -0.0498. The van der Waals surface area contributed by atoms with Gasteiger partial charge in [-0.05, 0) is 29.8 Å². The molecule has 4 nitrogen and oxygen atoms in total. The van der Waals surface area contributed by atoms with Gasteiger partial charge in [-0.25, -0.2) is 21.9 Å². The van der Waals surface area contributed by atoms with E-state index in [0.717, 1.165) is 0 Å². The molecular formula is C14H11F4NO3S. The molecule has 0 aliphatic rings. The molecule has 0 spiro atoms. The highest BCUT2D eigenvalue weighted by atomic mass is 32.2. The standard InChI is InChI=1S/C14H11F4NO3S/c15-10-5-11(16)7-13(6-10)23(20,21)19-8-9-1-3-12(4-2-9)22-14(17)18/h1-7,14,19H,8H2. The van der Waals surface area contributed by atoms with Crippen LogP contribution in [0.4, 0.5) is 17.6 Å². The van der Waals surface area contributed by atoms with E-state index in [9.17, 15) is 26.0 Å². The predicted molar refractivity (Wildman–Crippen MR) is 73.5 cm³/mol.